The van der Waals surface area contributed by atoms with E-state index >= 15 is 0 Å². The molecule has 0 spiro atoms. The van der Waals surface area contributed by atoms with Gasteiger partial charge in [-0.3, -0.25) is 0 Å². The summed E-state index contributed by atoms with van der Waals surface area (Å²) in [6, 6.07) is 10.0. The summed E-state index contributed by atoms with van der Waals surface area (Å²) in [5.74, 6) is 1.70. The van der Waals surface area contributed by atoms with Crippen LogP contribution in [0.4, 0.5) is 4.39 Å². The second kappa shape index (κ2) is 9.71. The van der Waals surface area contributed by atoms with Gasteiger partial charge in [-0.05, 0) is 31.5 Å². The summed E-state index contributed by atoms with van der Waals surface area (Å²) in [6.45, 7) is 5.01. The molecule has 29 heavy (non-hydrogen) atoms. The monoisotopic (exact) mass is 416 g/mol. The van der Waals surface area contributed by atoms with Crippen LogP contribution in [0.5, 0.6) is 17.2 Å². The molecule has 0 fully saturated rings. The lowest BCUT2D eigenvalue weighted by molar-refractivity contribution is 0.299. The third-order valence-corrected chi connectivity index (χ3v) is 5.59. The molecule has 0 aliphatic heterocycles. The third-order valence-electron chi connectivity index (χ3n) is 4.49. The second-order valence-electron chi connectivity index (χ2n) is 6.63. The van der Waals surface area contributed by atoms with Crippen LogP contribution in [0.2, 0.25) is 0 Å². The van der Waals surface area contributed by atoms with Gasteiger partial charge in [0.1, 0.15) is 34.7 Å². The van der Waals surface area contributed by atoms with Crippen molar-refractivity contribution in [2.45, 2.75) is 33.0 Å². The Bertz CT molecular complexity index is 918. The second-order valence-corrected chi connectivity index (χ2v) is 7.90. The molecule has 3 aromatic rings. The highest BCUT2D eigenvalue weighted by molar-refractivity contribution is 7.11. The van der Waals surface area contributed by atoms with Gasteiger partial charge < -0.3 is 19.5 Å². The van der Waals surface area contributed by atoms with Crippen LogP contribution in [0, 0.1) is 12.7 Å². The zero-order chi connectivity index (χ0) is 20.8. The number of rotatable bonds is 9. The number of thiazole rings is 1. The Labute approximate surface area is 174 Å². The number of nitrogens with zero attached hydrogens (tertiary/aromatic N) is 1. The SMILES string of the molecule is COc1cc(OCc2ccc(F)cc2)cc(OC)c1CNC(C)c1ncc(C)s1. The number of aromatic nitrogens is 1. The van der Waals surface area contributed by atoms with Gasteiger partial charge in [-0.25, -0.2) is 9.37 Å². The summed E-state index contributed by atoms with van der Waals surface area (Å²) < 4.78 is 30.1. The van der Waals surface area contributed by atoms with Crippen molar-refractivity contribution in [3.63, 3.8) is 0 Å². The summed E-state index contributed by atoms with van der Waals surface area (Å²) >= 11 is 1.68. The van der Waals surface area contributed by atoms with Crippen molar-refractivity contribution in [1.82, 2.24) is 10.3 Å². The predicted molar refractivity (Wildman–Crippen MR) is 112 cm³/mol. The highest BCUT2D eigenvalue weighted by Crippen LogP contribution is 2.35. The minimum Gasteiger partial charge on any atom is -0.496 e. The van der Waals surface area contributed by atoms with Crippen molar-refractivity contribution in [3.05, 3.63) is 69.4 Å². The zero-order valence-electron chi connectivity index (χ0n) is 17.0. The van der Waals surface area contributed by atoms with E-state index in [0.29, 0.717) is 30.4 Å². The lowest BCUT2D eigenvalue weighted by atomic mass is 10.1. The van der Waals surface area contributed by atoms with Gasteiger partial charge >= 0.3 is 0 Å². The maximum Gasteiger partial charge on any atom is 0.130 e. The molecule has 1 aromatic heterocycles. The minimum absolute atomic E-state index is 0.109. The molecule has 1 atom stereocenters. The van der Waals surface area contributed by atoms with Gasteiger partial charge in [0.2, 0.25) is 0 Å². The molecule has 1 heterocycles. The minimum atomic E-state index is -0.268. The lowest BCUT2D eigenvalue weighted by Gasteiger charge is -2.18. The third kappa shape index (κ3) is 5.46. The summed E-state index contributed by atoms with van der Waals surface area (Å²) in [4.78, 5) is 5.62. The quantitative estimate of drug-likeness (QED) is 0.530. The number of benzene rings is 2. The first-order valence-electron chi connectivity index (χ1n) is 9.28. The van der Waals surface area contributed by atoms with Crippen LogP contribution in [0.15, 0.2) is 42.6 Å². The number of methoxy groups -OCH3 is 2. The molecule has 3 rings (SSSR count). The first-order valence-corrected chi connectivity index (χ1v) is 10.1. The molecule has 0 saturated heterocycles. The maximum absolute atomic E-state index is 13.0. The summed E-state index contributed by atoms with van der Waals surface area (Å²) in [7, 11) is 3.24. The van der Waals surface area contributed by atoms with Crippen LogP contribution >= 0.6 is 11.3 Å². The first-order chi connectivity index (χ1) is 14.0. The molecule has 154 valence electrons. The lowest BCUT2D eigenvalue weighted by Crippen LogP contribution is -2.19. The molecule has 0 bridgehead atoms. The molecule has 0 aliphatic carbocycles. The number of aryl methyl sites for hydroxylation is 1. The van der Waals surface area contributed by atoms with E-state index in [1.807, 2.05) is 25.3 Å². The van der Waals surface area contributed by atoms with Crippen LogP contribution < -0.4 is 19.5 Å². The molecular formula is C22H25FN2O3S. The highest BCUT2D eigenvalue weighted by atomic mass is 32.1. The Balaban J connectivity index is 1.72. The molecule has 0 radical (unpaired) electrons. The van der Waals surface area contributed by atoms with Crippen LogP contribution in [0.3, 0.4) is 0 Å². The highest BCUT2D eigenvalue weighted by Gasteiger charge is 2.16. The Morgan fingerprint density at radius 1 is 1.10 bits per heavy atom. The van der Waals surface area contributed by atoms with Gasteiger partial charge in [0.15, 0.2) is 0 Å². The fourth-order valence-electron chi connectivity index (χ4n) is 2.88. The van der Waals surface area contributed by atoms with Gasteiger partial charge in [-0.15, -0.1) is 11.3 Å². The molecule has 0 aliphatic rings. The van der Waals surface area contributed by atoms with E-state index in [2.05, 4.69) is 17.2 Å². The van der Waals surface area contributed by atoms with Crippen LogP contribution in [-0.4, -0.2) is 19.2 Å². The van der Waals surface area contributed by atoms with E-state index in [1.54, 1.807) is 37.7 Å². The molecule has 2 aromatic carbocycles. The van der Waals surface area contributed by atoms with E-state index in [9.17, 15) is 4.39 Å². The van der Waals surface area contributed by atoms with Crippen molar-refractivity contribution in [1.29, 1.82) is 0 Å². The van der Waals surface area contributed by atoms with Crippen LogP contribution in [0.25, 0.3) is 0 Å². The van der Waals surface area contributed by atoms with Gasteiger partial charge in [0, 0.05) is 29.8 Å². The van der Waals surface area contributed by atoms with E-state index in [4.69, 9.17) is 14.2 Å². The van der Waals surface area contributed by atoms with E-state index in [-0.39, 0.29) is 11.9 Å². The van der Waals surface area contributed by atoms with E-state index < -0.39 is 0 Å². The molecule has 0 saturated carbocycles. The topological polar surface area (TPSA) is 52.6 Å². The van der Waals surface area contributed by atoms with E-state index in [1.165, 1.54) is 17.0 Å². The number of nitrogens with one attached hydrogen (secondary N) is 1. The summed E-state index contributed by atoms with van der Waals surface area (Å²) in [5.41, 5.74) is 1.78. The van der Waals surface area contributed by atoms with Crippen molar-refractivity contribution >= 4 is 11.3 Å². The van der Waals surface area contributed by atoms with Gasteiger partial charge in [0.25, 0.3) is 0 Å². The molecule has 1 unspecified atom stereocenters. The summed E-state index contributed by atoms with van der Waals surface area (Å²) in [5, 5.41) is 4.51. The van der Waals surface area contributed by atoms with Crippen LogP contribution in [0.1, 0.15) is 34.0 Å². The Morgan fingerprint density at radius 3 is 2.31 bits per heavy atom. The molecule has 5 nitrogen and oxygen atoms in total. The Morgan fingerprint density at radius 2 is 1.76 bits per heavy atom. The largest absolute Gasteiger partial charge is 0.496 e. The normalized spacial score (nSPS) is 11.9. The number of ether oxygens (including phenoxy) is 3. The standard InChI is InChI=1S/C22H25FN2O3S/c1-14-11-25-22(29-14)15(2)24-12-19-20(26-3)9-18(10-21(19)27-4)28-13-16-5-7-17(23)8-6-16/h5-11,15,24H,12-13H2,1-4H3. The van der Waals surface area contributed by atoms with Crippen molar-refractivity contribution < 1.29 is 18.6 Å². The molecule has 0 amide bonds. The first kappa shape index (κ1) is 21.1. The van der Waals surface area contributed by atoms with Crippen molar-refractivity contribution in [2.75, 3.05) is 14.2 Å². The Hall–Kier alpha value is -2.64. The number of hydrogen-bond donors (Lipinski definition) is 1. The Kier molecular flexibility index (Phi) is 7.06. The summed E-state index contributed by atoms with van der Waals surface area (Å²) in [6.07, 6.45) is 1.88. The zero-order valence-corrected chi connectivity index (χ0v) is 17.8. The smallest absolute Gasteiger partial charge is 0.130 e. The van der Waals surface area contributed by atoms with E-state index in [0.717, 1.165) is 16.1 Å². The molecule has 1 N–H and O–H groups in total. The maximum atomic E-state index is 13.0. The average Bonchev–Trinajstić information content (AvgIpc) is 3.17. The van der Waals surface area contributed by atoms with Gasteiger partial charge in [-0.1, -0.05) is 12.1 Å². The van der Waals surface area contributed by atoms with Crippen LogP contribution in [-0.2, 0) is 13.2 Å². The number of hydrogen-bond acceptors (Lipinski definition) is 6. The number of halogens is 1. The average molecular weight is 417 g/mol. The predicted octanol–water partition coefficient (Wildman–Crippen LogP) is 5.04. The molecular weight excluding hydrogens is 391 g/mol. The fraction of sp³-hybridized carbons (Fsp3) is 0.318. The molecule has 7 heteroatoms. The van der Waals surface area contributed by atoms with Crippen molar-refractivity contribution in [2.24, 2.45) is 0 Å². The van der Waals surface area contributed by atoms with Gasteiger partial charge in [-0.2, -0.15) is 0 Å². The van der Waals surface area contributed by atoms with Crippen molar-refractivity contribution in [3.8, 4) is 17.2 Å². The van der Waals surface area contributed by atoms with Gasteiger partial charge in [0.05, 0.1) is 25.8 Å². The fourth-order valence-corrected chi connectivity index (χ4v) is 3.68.